The highest BCUT2D eigenvalue weighted by molar-refractivity contribution is 7.14. The zero-order chi connectivity index (χ0) is 16.0. The van der Waals surface area contributed by atoms with Gasteiger partial charge in [0.25, 0.3) is 5.91 Å². The van der Waals surface area contributed by atoms with Crippen LogP contribution >= 0.6 is 11.3 Å². The zero-order valence-electron chi connectivity index (χ0n) is 11.6. The summed E-state index contributed by atoms with van der Waals surface area (Å²) in [6.07, 6.45) is 1.08. The summed E-state index contributed by atoms with van der Waals surface area (Å²) in [5, 5.41) is 13.8. The molecule has 1 aromatic heterocycles. The van der Waals surface area contributed by atoms with Crippen LogP contribution in [0.5, 0.6) is 0 Å². The number of amides is 1. The molecular formula is C12H15N3O5S. The van der Waals surface area contributed by atoms with Crippen molar-refractivity contribution < 1.29 is 19.3 Å². The standard InChI is InChI=1S/C12H15N3O5S/c1-3-5-8(16)7(4-2)10(17)11(18)14-12-13-9(6-21-12)15(19)20/h6-7H,3-5H2,1-2H3,(H,13,14,18)/t7-/m1/s1. The van der Waals surface area contributed by atoms with E-state index in [1.54, 1.807) is 6.92 Å². The number of carbonyl (C=O) groups is 3. The van der Waals surface area contributed by atoms with Crippen molar-refractivity contribution in [2.24, 2.45) is 5.92 Å². The van der Waals surface area contributed by atoms with E-state index < -0.39 is 28.3 Å². The Hall–Kier alpha value is -2.16. The summed E-state index contributed by atoms with van der Waals surface area (Å²) in [5.41, 5.74) is 0. The maximum absolute atomic E-state index is 11.9. The monoisotopic (exact) mass is 313 g/mol. The normalized spacial score (nSPS) is 11.7. The van der Waals surface area contributed by atoms with Crippen LogP contribution in [0.3, 0.4) is 0 Å². The Morgan fingerprint density at radius 1 is 1.43 bits per heavy atom. The zero-order valence-corrected chi connectivity index (χ0v) is 12.4. The molecule has 0 spiro atoms. The third-order valence-electron chi connectivity index (χ3n) is 2.73. The lowest BCUT2D eigenvalue weighted by atomic mass is 9.93. The summed E-state index contributed by atoms with van der Waals surface area (Å²) < 4.78 is 0. The molecule has 1 N–H and O–H groups in total. The lowest BCUT2D eigenvalue weighted by Crippen LogP contribution is -2.33. The van der Waals surface area contributed by atoms with Gasteiger partial charge in [0.05, 0.1) is 11.3 Å². The van der Waals surface area contributed by atoms with Crippen molar-refractivity contribution in [1.29, 1.82) is 0 Å². The van der Waals surface area contributed by atoms with Crippen LogP contribution in [0.15, 0.2) is 5.38 Å². The number of rotatable bonds is 8. The van der Waals surface area contributed by atoms with Gasteiger partial charge in [0.2, 0.25) is 5.78 Å². The quantitative estimate of drug-likeness (QED) is 0.339. The average molecular weight is 313 g/mol. The first-order valence-corrected chi connectivity index (χ1v) is 7.26. The number of nitrogens with zero attached hydrogens (tertiary/aromatic N) is 2. The number of ketones is 2. The van der Waals surface area contributed by atoms with Gasteiger partial charge in [-0.1, -0.05) is 25.2 Å². The summed E-state index contributed by atoms with van der Waals surface area (Å²) in [4.78, 5) is 48.8. The molecule has 1 rings (SSSR count). The second-order valence-electron chi connectivity index (χ2n) is 4.26. The Balaban J connectivity index is 2.74. The van der Waals surface area contributed by atoms with Crippen LogP contribution in [-0.2, 0) is 14.4 Å². The van der Waals surface area contributed by atoms with Gasteiger partial charge in [-0.2, -0.15) is 0 Å². The summed E-state index contributed by atoms with van der Waals surface area (Å²) in [7, 11) is 0. The van der Waals surface area contributed by atoms with Gasteiger partial charge in [0.15, 0.2) is 0 Å². The molecule has 0 unspecified atom stereocenters. The van der Waals surface area contributed by atoms with Gasteiger partial charge >= 0.3 is 10.9 Å². The fourth-order valence-corrected chi connectivity index (χ4v) is 2.36. The van der Waals surface area contributed by atoms with Crippen molar-refractivity contribution in [1.82, 2.24) is 4.98 Å². The van der Waals surface area contributed by atoms with E-state index in [0.29, 0.717) is 6.42 Å². The lowest BCUT2D eigenvalue weighted by molar-refractivity contribution is -0.389. The molecule has 0 saturated heterocycles. The van der Waals surface area contributed by atoms with Gasteiger partial charge in [0.1, 0.15) is 5.78 Å². The molecule has 1 amide bonds. The van der Waals surface area contributed by atoms with E-state index in [2.05, 4.69) is 10.3 Å². The summed E-state index contributed by atoms with van der Waals surface area (Å²) in [6.45, 7) is 3.46. The lowest BCUT2D eigenvalue weighted by Gasteiger charge is -2.10. The number of aromatic nitrogens is 1. The number of anilines is 1. The predicted octanol–water partition coefficient (Wildman–Crippen LogP) is 1.95. The highest BCUT2D eigenvalue weighted by Gasteiger charge is 2.30. The molecule has 0 fully saturated rings. The molecule has 0 aromatic carbocycles. The molecule has 0 bridgehead atoms. The molecular weight excluding hydrogens is 298 g/mol. The molecule has 0 aliphatic heterocycles. The van der Waals surface area contributed by atoms with Crippen LogP contribution in [-0.4, -0.2) is 27.4 Å². The Morgan fingerprint density at radius 2 is 2.10 bits per heavy atom. The van der Waals surface area contributed by atoms with Crippen molar-refractivity contribution in [3.8, 4) is 0 Å². The van der Waals surface area contributed by atoms with E-state index in [0.717, 1.165) is 16.7 Å². The van der Waals surface area contributed by atoms with Gasteiger partial charge in [-0.3, -0.25) is 19.7 Å². The molecule has 0 saturated carbocycles. The third-order valence-corrected chi connectivity index (χ3v) is 3.48. The van der Waals surface area contributed by atoms with Crippen molar-refractivity contribution in [3.05, 3.63) is 15.5 Å². The van der Waals surface area contributed by atoms with Gasteiger partial charge < -0.3 is 10.1 Å². The molecule has 0 aliphatic rings. The van der Waals surface area contributed by atoms with Gasteiger partial charge in [-0.05, 0) is 22.7 Å². The fraction of sp³-hybridized carbons (Fsp3) is 0.500. The molecule has 1 atom stereocenters. The Morgan fingerprint density at radius 3 is 2.57 bits per heavy atom. The minimum atomic E-state index is -0.976. The minimum Gasteiger partial charge on any atom is -0.358 e. The summed E-state index contributed by atoms with van der Waals surface area (Å²) >= 11 is 0.840. The van der Waals surface area contributed by atoms with Crippen LogP contribution in [0.25, 0.3) is 0 Å². The van der Waals surface area contributed by atoms with E-state index in [1.807, 2.05) is 6.92 Å². The molecule has 9 heteroatoms. The third kappa shape index (κ3) is 4.42. The molecule has 1 aromatic rings. The Labute approximate surface area is 124 Å². The second kappa shape index (κ2) is 7.58. The smallest absolute Gasteiger partial charge is 0.358 e. The predicted molar refractivity (Wildman–Crippen MR) is 76.1 cm³/mol. The minimum absolute atomic E-state index is 0.0437. The van der Waals surface area contributed by atoms with E-state index >= 15 is 0 Å². The first-order chi connectivity index (χ1) is 9.90. The largest absolute Gasteiger partial charge is 0.376 e. The maximum Gasteiger partial charge on any atom is 0.376 e. The highest BCUT2D eigenvalue weighted by Crippen LogP contribution is 2.21. The van der Waals surface area contributed by atoms with Crippen LogP contribution in [0.1, 0.15) is 33.1 Å². The second-order valence-corrected chi connectivity index (χ2v) is 5.12. The number of carbonyl (C=O) groups excluding carboxylic acids is 3. The number of hydrogen-bond donors (Lipinski definition) is 1. The van der Waals surface area contributed by atoms with E-state index in [1.165, 1.54) is 0 Å². The molecule has 114 valence electrons. The van der Waals surface area contributed by atoms with Crippen LogP contribution < -0.4 is 5.32 Å². The van der Waals surface area contributed by atoms with Crippen molar-refractivity contribution in [2.45, 2.75) is 33.1 Å². The average Bonchev–Trinajstić information content (AvgIpc) is 2.88. The van der Waals surface area contributed by atoms with E-state index in [4.69, 9.17) is 0 Å². The number of hydrogen-bond acceptors (Lipinski definition) is 7. The molecule has 21 heavy (non-hydrogen) atoms. The van der Waals surface area contributed by atoms with Crippen molar-refractivity contribution in [2.75, 3.05) is 5.32 Å². The molecule has 1 heterocycles. The number of Topliss-reactive ketones (excluding diaryl/α,β-unsaturated/α-hetero) is 2. The van der Waals surface area contributed by atoms with Crippen molar-refractivity contribution >= 4 is 39.8 Å². The summed E-state index contributed by atoms with van der Waals surface area (Å²) in [6, 6.07) is 0. The number of nitrogens with one attached hydrogen (secondary N) is 1. The molecule has 0 aliphatic carbocycles. The van der Waals surface area contributed by atoms with Gasteiger partial charge in [-0.25, -0.2) is 0 Å². The molecule has 0 radical (unpaired) electrons. The Kier molecular flexibility index (Phi) is 6.10. The van der Waals surface area contributed by atoms with Gasteiger partial charge in [-0.15, -0.1) is 0 Å². The summed E-state index contributed by atoms with van der Waals surface area (Å²) in [5.74, 6) is -3.47. The number of nitro groups is 1. The Bertz CT molecular complexity index is 569. The van der Waals surface area contributed by atoms with Crippen molar-refractivity contribution in [3.63, 3.8) is 0 Å². The highest BCUT2D eigenvalue weighted by atomic mass is 32.1. The van der Waals surface area contributed by atoms with E-state index in [9.17, 15) is 24.5 Å². The number of thiazole rings is 1. The van der Waals surface area contributed by atoms with Gasteiger partial charge in [0, 0.05) is 6.42 Å². The van der Waals surface area contributed by atoms with E-state index in [-0.39, 0.29) is 23.8 Å². The maximum atomic E-state index is 11.9. The first-order valence-electron chi connectivity index (χ1n) is 6.38. The first kappa shape index (κ1) is 16.9. The van der Waals surface area contributed by atoms with Crippen LogP contribution in [0.4, 0.5) is 10.9 Å². The SMILES string of the molecule is CCCC(=O)[C@@H](CC)C(=O)C(=O)Nc1nc([N+](=O)[O-])cs1. The fourth-order valence-electron chi connectivity index (χ4n) is 1.70. The molecule has 8 nitrogen and oxygen atoms in total. The van der Waals surface area contributed by atoms with Crippen LogP contribution in [0.2, 0.25) is 0 Å². The topological polar surface area (TPSA) is 119 Å². The van der Waals surface area contributed by atoms with Crippen LogP contribution in [0, 0.1) is 16.0 Å².